The smallest absolute Gasteiger partial charge is 0.203 e. The third-order valence-electron chi connectivity index (χ3n) is 6.84. The molecular weight excluding hydrogens is 458 g/mol. The van der Waals surface area contributed by atoms with Crippen LogP contribution in [0.25, 0.3) is 0 Å². The zero-order chi connectivity index (χ0) is 23.8. The van der Waals surface area contributed by atoms with Gasteiger partial charge in [0.1, 0.15) is 17.6 Å². The standard InChI is InChI=1S/C25H26ClN3O5/c1-32-23-8-19(20(26)6-16(23)9-27)21(30)11-28-4-5-29-12-25(33-13-17(29)10-28)15-2-3-18-22(31)14-34-24(18)7-15/h2-3,6-8,17,21,25,30H,4-5,10-14H2,1H3/t17-,21+,25-/m0/s1. The van der Waals surface area contributed by atoms with Gasteiger partial charge in [0.15, 0.2) is 6.61 Å². The number of Topliss-reactive ketones (excluding diaryl/α,β-unsaturated/α-hetero) is 1. The Morgan fingerprint density at radius 1 is 1.29 bits per heavy atom. The molecule has 0 spiro atoms. The molecular formula is C25H26ClN3O5. The Morgan fingerprint density at radius 3 is 2.94 bits per heavy atom. The molecule has 3 aliphatic heterocycles. The zero-order valence-electron chi connectivity index (χ0n) is 18.9. The molecule has 3 atom stereocenters. The molecule has 0 bridgehead atoms. The van der Waals surface area contributed by atoms with Gasteiger partial charge in [-0.3, -0.25) is 14.6 Å². The third kappa shape index (κ3) is 4.38. The lowest BCUT2D eigenvalue weighted by Crippen LogP contribution is -2.58. The van der Waals surface area contributed by atoms with E-state index in [0.29, 0.717) is 46.4 Å². The minimum atomic E-state index is -0.799. The highest BCUT2D eigenvalue weighted by Gasteiger charge is 2.35. The maximum absolute atomic E-state index is 11.8. The molecule has 0 amide bonds. The molecule has 9 heteroatoms. The van der Waals surface area contributed by atoms with Gasteiger partial charge in [-0.15, -0.1) is 0 Å². The number of carbonyl (C=O) groups excluding carboxylic acids is 1. The van der Waals surface area contributed by atoms with Crippen molar-refractivity contribution in [2.75, 3.05) is 53.0 Å². The number of carbonyl (C=O) groups is 1. The van der Waals surface area contributed by atoms with Gasteiger partial charge in [-0.1, -0.05) is 17.7 Å². The van der Waals surface area contributed by atoms with Crippen LogP contribution in [0.5, 0.6) is 11.5 Å². The summed E-state index contributed by atoms with van der Waals surface area (Å²) in [6.07, 6.45) is -0.866. The number of β-amino-alcohol motifs (C(OH)–C–C–N with tert-alkyl or cyclic N) is 1. The molecule has 34 heavy (non-hydrogen) atoms. The van der Waals surface area contributed by atoms with Gasteiger partial charge in [0.05, 0.1) is 37.1 Å². The molecule has 2 fully saturated rings. The summed E-state index contributed by atoms with van der Waals surface area (Å²) in [4.78, 5) is 16.4. The van der Waals surface area contributed by atoms with Crippen molar-refractivity contribution in [1.29, 1.82) is 5.26 Å². The molecule has 3 heterocycles. The summed E-state index contributed by atoms with van der Waals surface area (Å²) < 4.78 is 16.9. The molecule has 0 saturated carbocycles. The topological polar surface area (TPSA) is 95.3 Å². The number of benzene rings is 2. The Morgan fingerprint density at radius 2 is 2.15 bits per heavy atom. The molecule has 0 radical (unpaired) electrons. The van der Waals surface area contributed by atoms with Gasteiger partial charge in [0.2, 0.25) is 5.78 Å². The summed E-state index contributed by atoms with van der Waals surface area (Å²) in [6, 6.07) is 11.2. The fourth-order valence-corrected chi connectivity index (χ4v) is 5.24. The first-order valence-electron chi connectivity index (χ1n) is 11.3. The number of halogens is 1. The first-order valence-corrected chi connectivity index (χ1v) is 11.7. The molecule has 0 unspecified atom stereocenters. The summed E-state index contributed by atoms with van der Waals surface area (Å²) in [5.74, 6) is 1.06. The van der Waals surface area contributed by atoms with Gasteiger partial charge >= 0.3 is 0 Å². The van der Waals surface area contributed by atoms with Crippen LogP contribution in [-0.2, 0) is 4.74 Å². The number of hydrogen-bond donors (Lipinski definition) is 1. The number of hydrogen-bond acceptors (Lipinski definition) is 8. The average molecular weight is 484 g/mol. The molecule has 8 nitrogen and oxygen atoms in total. The Kier molecular flexibility index (Phi) is 6.47. The summed E-state index contributed by atoms with van der Waals surface area (Å²) in [6.45, 7) is 4.34. The van der Waals surface area contributed by atoms with E-state index in [0.717, 1.165) is 31.7 Å². The molecule has 2 aromatic carbocycles. The second kappa shape index (κ2) is 9.53. The SMILES string of the molecule is COc1cc([C@H](O)CN2CCN3C[C@@H](c4ccc5c(c4)OCC5=O)OC[C@@H]3C2)c(Cl)cc1C#N. The summed E-state index contributed by atoms with van der Waals surface area (Å²) in [7, 11) is 1.49. The maximum Gasteiger partial charge on any atom is 0.203 e. The number of aliphatic hydroxyl groups is 1. The fourth-order valence-electron chi connectivity index (χ4n) is 4.95. The highest BCUT2D eigenvalue weighted by Crippen LogP contribution is 2.34. The number of methoxy groups -OCH3 is 1. The van der Waals surface area contributed by atoms with Gasteiger partial charge in [0.25, 0.3) is 0 Å². The molecule has 3 aliphatic rings. The van der Waals surface area contributed by atoms with Crippen LogP contribution < -0.4 is 9.47 Å². The number of ketones is 1. The average Bonchev–Trinajstić information content (AvgIpc) is 3.23. The molecule has 2 aromatic rings. The minimum Gasteiger partial charge on any atom is -0.495 e. The van der Waals surface area contributed by atoms with Gasteiger partial charge in [-0.25, -0.2) is 0 Å². The van der Waals surface area contributed by atoms with Gasteiger partial charge in [-0.2, -0.15) is 5.26 Å². The van der Waals surface area contributed by atoms with E-state index in [4.69, 9.17) is 25.8 Å². The number of ether oxygens (including phenoxy) is 3. The van der Waals surface area contributed by atoms with Crippen LogP contribution >= 0.6 is 11.6 Å². The van der Waals surface area contributed by atoms with Crippen molar-refractivity contribution in [3.8, 4) is 17.6 Å². The van der Waals surface area contributed by atoms with E-state index in [1.807, 2.05) is 18.2 Å². The third-order valence-corrected chi connectivity index (χ3v) is 7.17. The van der Waals surface area contributed by atoms with Crippen molar-refractivity contribution in [1.82, 2.24) is 9.80 Å². The van der Waals surface area contributed by atoms with E-state index in [9.17, 15) is 15.2 Å². The number of morpholine rings is 1. The Hall–Kier alpha value is -2.67. The fraction of sp³-hybridized carbons (Fsp3) is 0.440. The molecule has 2 saturated heterocycles. The number of nitriles is 1. The second-order valence-electron chi connectivity index (χ2n) is 8.90. The Balaban J connectivity index is 1.20. The van der Waals surface area contributed by atoms with Crippen molar-refractivity contribution < 1.29 is 24.1 Å². The van der Waals surface area contributed by atoms with Crippen molar-refractivity contribution in [3.63, 3.8) is 0 Å². The molecule has 0 aliphatic carbocycles. The van der Waals surface area contributed by atoms with Gasteiger partial charge in [-0.05, 0) is 29.8 Å². The van der Waals surface area contributed by atoms with Crippen LogP contribution in [0.1, 0.15) is 39.3 Å². The monoisotopic (exact) mass is 483 g/mol. The van der Waals surface area contributed by atoms with Crippen LogP contribution in [0.2, 0.25) is 5.02 Å². The van der Waals surface area contributed by atoms with Crippen LogP contribution in [0.3, 0.4) is 0 Å². The van der Waals surface area contributed by atoms with Gasteiger partial charge in [0, 0.05) is 49.4 Å². The molecule has 178 valence electrons. The van der Waals surface area contributed by atoms with Crippen LogP contribution in [0.15, 0.2) is 30.3 Å². The van der Waals surface area contributed by atoms with Crippen molar-refractivity contribution in [2.24, 2.45) is 0 Å². The number of rotatable bonds is 5. The minimum absolute atomic E-state index is 0.0187. The van der Waals surface area contributed by atoms with Gasteiger partial charge < -0.3 is 19.3 Å². The van der Waals surface area contributed by atoms with Crippen LogP contribution in [0, 0.1) is 11.3 Å². The second-order valence-corrected chi connectivity index (χ2v) is 9.31. The maximum atomic E-state index is 11.8. The lowest BCUT2D eigenvalue weighted by molar-refractivity contribution is -0.0937. The highest BCUT2D eigenvalue weighted by atomic mass is 35.5. The van der Waals surface area contributed by atoms with E-state index in [2.05, 4.69) is 15.9 Å². The van der Waals surface area contributed by atoms with Crippen molar-refractivity contribution in [2.45, 2.75) is 18.2 Å². The van der Waals surface area contributed by atoms with E-state index in [1.165, 1.54) is 13.2 Å². The molecule has 1 N–H and O–H groups in total. The van der Waals surface area contributed by atoms with E-state index in [1.54, 1.807) is 6.07 Å². The van der Waals surface area contributed by atoms with E-state index < -0.39 is 6.10 Å². The van der Waals surface area contributed by atoms with Crippen molar-refractivity contribution in [3.05, 3.63) is 57.6 Å². The summed E-state index contributed by atoms with van der Waals surface area (Å²) in [5, 5.41) is 20.5. The lowest BCUT2D eigenvalue weighted by atomic mass is 10.0. The number of aliphatic hydroxyl groups excluding tert-OH is 1. The normalized spacial score (nSPS) is 23.5. The van der Waals surface area contributed by atoms with Crippen LogP contribution in [-0.4, -0.2) is 79.8 Å². The lowest BCUT2D eigenvalue weighted by Gasteiger charge is -2.46. The molecule has 0 aromatic heterocycles. The zero-order valence-corrected chi connectivity index (χ0v) is 19.6. The predicted octanol–water partition coefficient (Wildman–Crippen LogP) is 2.59. The van der Waals surface area contributed by atoms with Crippen LogP contribution in [0.4, 0.5) is 0 Å². The Bertz CT molecular complexity index is 1150. The first kappa shape index (κ1) is 23.1. The largest absolute Gasteiger partial charge is 0.495 e. The van der Waals surface area contributed by atoms with Crippen molar-refractivity contribution >= 4 is 17.4 Å². The number of nitrogens with zero attached hydrogens (tertiary/aromatic N) is 3. The summed E-state index contributed by atoms with van der Waals surface area (Å²) in [5.41, 5.74) is 2.56. The summed E-state index contributed by atoms with van der Waals surface area (Å²) >= 11 is 6.34. The van der Waals surface area contributed by atoms with E-state index in [-0.39, 0.29) is 24.5 Å². The predicted molar refractivity (Wildman–Crippen MR) is 124 cm³/mol. The highest BCUT2D eigenvalue weighted by molar-refractivity contribution is 6.31. The quantitative estimate of drug-likeness (QED) is 0.693. The number of fused-ring (bicyclic) bond motifs is 2. The van der Waals surface area contributed by atoms with E-state index >= 15 is 0 Å². The number of piperazine rings is 1. The first-order chi connectivity index (χ1) is 16.5. The Labute approximate surface area is 203 Å². The molecule has 5 rings (SSSR count).